The van der Waals surface area contributed by atoms with Gasteiger partial charge in [-0.15, -0.1) is 0 Å². The highest BCUT2D eigenvalue weighted by molar-refractivity contribution is 7.50. The van der Waals surface area contributed by atoms with Gasteiger partial charge in [0.1, 0.15) is 5.75 Å². The maximum atomic E-state index is 11.1. The molecule has 124 valence electrons. The van der Waals surface area contributed by atoms with E-state index in [2.05, 4.69) is 4.76 Å². The Hall–Kier alpha value is -1.96. The van der Waals surface area contributed by atoms with Crippen molar-refractivity contribution < 1.29 is 34.8 Å². The summed E-state index contributed by atoms with van der Waals surface area (Å²) in [7, 11) is -4.81. The van der Waals surface area contributed by atoms with Gasteiger partial charge in [-0.3, -0.25) is 0 Å². The van der Waals surface area contributed by atoms with E-state index in [0.717, 1.165) is 6.08 Å². The zero-order valence-corrected chi connectivity index (χ0v) is 12.8. The van der Waals surface area contributed by atoms with E-state index in [9.17, 15) is 25.0 Å². The van der Waals surface area contributed by atoms with Crippen LogP contribution >= 0.6 is 7.75 Å². The van der Waals surface area contributed by atoms with Crippen molar-refractivity contribution in [1.29, 1.82) is 0 Å². The molecule has 8 nitrogen and oxygen atoms in total. The third-order valence-electron chi connectivity index (χ3n) is 3.15. The highest BCUT2D eigenvalue weighted by Crippen LogP contribution is 2.39. The summed E-state index contributed by atoms with van der Waals surface area (Å²) in [6, 6.07) is 5.82. The number of allylic oxidation sites excluding steroid dienone is 3. The minimum atomic E-state index is -4.81. The van der Waals surface area contributed by atoms with E-state index in [1.165, 1.54) is 24.3 Å². The highest BCUT2D eigenvalue weighted by atomic mass is 31.2. The minimum Gasteiger partial charge on any atom is -0.512 e. The fourth-order valence-corrected chi connectivity index (χ4v) is 2.75. The minimum absolute atomic E-state index is 0.0578. The van der Waals surface area contributed by atoms with Crippen molar-refractivity contribution in [3.05, 3.63) is 53.3 Å². The lowest BCUT2D eigenvalue weighted by molar-refractivity contribution is -0.121. The summed E-state index contributed by atoms with van der Waals surface area (Å²) in [5.41, 5.74) is -0.157. The quantitative estimate of drug-likeness (QED) is 0.352. The molecule has 0 atom stereocenters. The lowest BCUT2D eigenvalue weighted by Crippen LogP contribution is -2.38. The Morgan fingerprint density at radius 1 is 1.17 bits per heavy atom. The predicted molar refractivity (Wildman–Crippen MR) is 81.9 cm³/mol. The number of phenolic OH excluding ortho intramolecular Hbond substituents is 1. The van der Waals surface area contributed by atoms with Crippen molar-refractivity contribution >= 4 is 13.5 Å². The molecule has 0 bridgehead atoms. The van der Waals surface area contributed by atoms with Crippen LogP contribution in [0.3, 0.4) is 0 Å². The smallest absolute Gasteiger partial charge is 0.448 e. The summed E-state index contributed by atoms with van der Waals surface area (Å²) >= 11 is 0. The van der Waals surface area contributed by atoms with Crippen molar-refractivity contribution in [3.63, 3.8) is 0 Å². The van der Waals surface area contributed by atoms with E-state index >= 15 is 0 Å². The summed E-state index contributed by atoms with van der Waals surface area (Å²) in [5.74, 6) is -2.76. The third-order valence-corrected chi connectivity index (χ3v) is 3.65. The molecule has 0 aliphatic heterocycles. The van der Waals surface area contributed by atoms with Crippen LogP contribution in [0.4, 0.5) is 0 Å². The van der Waals surface area contributed by atoms with Gasteiger partial charge in [0.25, 0.3) is 0 Å². The molecule has 0 saturated carbocycles. The van der Waals surface area contributed by atoms with E-state index in [1.54, 1.807) is 6.07 Å². The lowest BCUT2D eigenvalue weighted by Gasteiger charge is -2.28. The molecule has 6 N–H and O–H groups in total. The second-order valence-corrected chi connectivity index (χ2v) is 6.36. The first kappa shape index (κ1) is 17.4. The second-order valence-electron chi connectivity index (χ2n) is 5.14. The molecule has 0 unspecified atom stereocenters. The molecule has 23 heavy (non-hydrogen) atoms. The number of hydrogen-bond acceptors (Lipinski definition) is 5. The third kappa shape index (κ3) is 4.75. The molecule has 0 spiro atoms. The van der Waals surface area contributed by atoms with Crippen molar-refractivity contribution in [2.45, 2.75) is 18.6 Å². The van der Waals surface area contributed by atoms with Crippen LogP contribution in [0.25, 0.3) is 0 Å². The number of benzene rings is 1. The van der Waals surface area contributed by atoms with Gasteiger partial charge in [-0.05, 0) is 29.8 Å². The molecule has 1 aromatic carbocycles. The average molecular weight is 341 g/mol. The van der Waals surface area contributed by atoms with Crippen molar-refractivity contribution in [3.8, 4) is 5.75 Å². The van der Waals surface area contributed by atoms with Crippen LogP contribution in [-0.4, -0.2) is 41.7 Å². The first-order valence-electron chi connectivity index (χ1n) is 6.55. The summed E-state index contributed by atoms with van der Waals surface area (Å²) in [4.78, 5) is 17.9. The Bertz CT molecular complexity index is 745. The Morgan fingerprint density at radius 3 is 2.48 bits per heavy atom. The summed E-state index contributed by atoms with van der Waals surface area (Å²) < 4.78 is 14.2. The Balaban J connectivity index is 2.38. The van der Waals surface area contributed by atoms with Crippen molar-refractivity contribution in [2.75, 3.05) is 0 Å². The Morgan fingerprint density at radius 2 is 1.87 bits per heavy atom. The van der Waals surface area contributed by atoms with E-state index in [0.29, 0.717) is 5.56 Å². The SMILES string of the molecule is O=P(O)(O)N=C1CC(O)=CC=C1C(O)(O)Cc1cccc(O)c1. The lowest BCUT2D eigenvalue weighted by atomic mass is 9.90. The van der Waals surface area contributed by atoms with Gasteiger partial charge in [0.05, 0.1) is 11.5 Å². The number of hydrogen-bond donors (Lipinski definition) is 6. The number of aliphatic hydroxyl groups is 3. The van der Waals surface area contributed by atoms with Crippen LogP contribution in [0.2, 0.25) is 0 Å². The number of rotatable bonds is 4. The van der Waals surface area contributed by atoms with Crippen molar-refractivity contribution in [1.82, 2.24) is 0 Å². The second kappa shape index (κ2) is 6.27. The number of phenols is 1. The number of aromatic hydroxyl groups is 1. The molecule has 0 aromatic heterocycles. The van der Waals surface area contributed by atoms with Gasteiger partial charge in [-0.1, -0.05) is 12.1 Å². The van der Waals surface area contributed by atoms with Crippen LogP contribution in [0, 0.1) is 0 Å². The van der Waals surface area contributed by atoms with Gasteiger partial charge >= 0.3 is 7.75 Å². The fraction of sp³-hybridized carbons (Fsp3) is 0.214. The van der Waals surface area contributed by atoms with Crippen LogP contribution < -0.4 is 0 Å². The molecule has 2 rings (SSSR count). The van der Waals surface area contributed by atoms with Gasteiger partial charge in [0.2, 0.25) is 0 Å². The fourth-order valence-electron chi connectivity index (χ4n) is 2.26. The summed E-state index contributed by atoms with van der Waals surface area (Å²) in [6.45, 7) is 0. The summed E-state index contributed by atoms with van der Waals surface area (Å²) in [6.07, 6.45) is 1.65. The molecule has 9 heteroatoms. The first-order valence-corrected chi connectivity index (χ1v) is 8.11. The molecule has 0 radical (unpaired) electrons. The highest BCUT2D eigenvalue weighted by Gasteiger charge is 2.35. The zero-order valence-electron chi connectivity index (χ0n) is 11.9. The van der Waals surface area contributed by atoms with Crippen molar-refractivity contribution in [2.24, 2.45) is 4.76 Å². The number of nitrogens with zero attached hydrogens (tertiary/aromatic N) is 1. The normalized spacial score (nSPS) is 17.8. The van der Waals surface area contributed by atoms with Gasteiger partial charge in [0.15, 0.2) is 5.79 Å². The van der Waals surface area contributed by atoms with E-state index in [4.69, 9.17) is 9.79 Å². The van der Waals surface area contributed by atoms with E-state index in [1.807, 2.05) is 0 Å². The molecule has 0 saturated heterocycles. The monoisotopic (exact) mass is 341 g/mol. The molecule has 1 aliphatic carbocycles. The Kier molecular flexibility index (Phi) is 4.74. The van der Waals surface area contributed by atoms with Crippen LogP contribution in [-0.2, 0) is 11.0 Å². The van der Waals surface area contributed by atoms with Crippen LogP contribution in [0.1, 0.15) is 12.0 Å². The van der Waals surface area contributed by atoms with Gasteiger partial charge < -0.3 is 30.2 Å². The zero-order chi connectivity index (χ0) is 17.3. The summed E-state index contributed by atoms with van der Waals surface area (Å²) in [5, 5.41) is 39.5. The van der Waals surface area contributed by atoms with E-state index < -0.39 is 13.5 Å². The molecular weight excluding hydrogens is 325 g/mol. The molecular formula is C14H16NO7P. The average Bonchev–Trinajstić information content (AvgIpc) is 2.35. The van der Waals surface area contributed by atoms with Crippen LogP contribution in [0.5, 0.6) is 5.75 Å². The Labute approximate surface area is 131 Å². The van der Waals surface area contributed by atoms with Gasteiger partial charge in [-0.2, -0.15) is 4.76 Å². The van der Waals surface area contributed by atoms with Crippen LogP contribution in [0.15, 0.2) is 52.5 Å². The van der Waals surface area contributed by atoms with Gasteiger partial charge in [-0.25, -0.2) is 4.57 Å². The standard InChI is InChI=1S/C14H16NO7P/c16-10-3-1-2-9(6-10)8-14(18,19)12-5-4-11(17)7-13(12)15-23(20,21)22/h1-6,16-19H,7-8H2,(H2,20,21,22). The molecule has 0 heterocycles. The molecule has 1 aliphatic rings. The molecule has 0 fully saturated rings. The number of aliphatic hydroxyl groups excluding tert-OH is 1. The molecule has 0 amide bonds. The molecule has 1 aromatic rings. The predicted octanol–water partition coefficient (Wildman–Crippen LogP) is 0.921. The van der Waals surface area contributed by atoms with E-state index in [-0.39, 0.29) is 35.6 Å². The van der Waals surface area contributed by atoms with Gasteiger partial charge in [0, 0.05) is 18.4 Å². The largest absolute Gasteiger partial charge is 0.512 e. The topological polar surface area (TPSA) is 151 Å². The first-order chi connectivity index (χ1) is 10.6. The maximum absolute atomic E-state index is 11.1. The maximum Gasteiger partial charge on any atom is 0.448 e.